The van der Waals surface area contributed by atoms with Crippen molar-refractivity contribution in [2.24, 2.45) is 29.1 Å². The number of esters is 3. The second kappa shape index (κ2) is 7.63. The number of hydrogen-bond donors (Lipinski definition) is 2. The first-order chi connectivity index (χ1) is 15.6. The summed E-state index contributed by atoms with van der Waals surface area (Å²) in [5.74, 6) is -5.99. The summed E-state index contributed by atoms with van der Waals surface area (Å²) in [4.78, 5) is 50.7. The van der Waals surface area contributed by atoms with Crippen LogP contribution in [0.2, 0.25) is 0 Å². The van der Waals surface area contributed by atoms with Gasteiger partial charge in [-0.15, -0.1) is 11.6 Å². The molecule has 186 valence electrons. The third-order valence-electron chi connectivity index (χ3n) is 8.33. The number of allylic oxidation sites excluding steroid dienone is 1. The number of carbonyl (C=O) groups excluding carboxylic acids is 4. The van der Waals surface area contributed by atoms with Gasteiger partial charge in [0.1, 0.15) is 6.10 Å². The SMILES string of the molecule is C=C1[C@@H](O)/C=C/[C@H]2[C@H]3C(=O)[C@@](C)(OC(C)=O)[C@H]([C@H](OC(C)=O)[C@]4(O)[C@@H](C)C(=O)O[C@H]4[C@H]1Cl)[C@]32C. The lowest BCUT2D eigenvalue weighted by Gasteiger charge is -2.47. The predicted octanol–water partition coefficient (Wildman–Crippen LogP) is 1.08. The second-order valence-corrected chi connectivity index (χ2v) is 10.7. The van der Waals surface area contributed by atoms with Gasteiger partial charge in [0.25, 0.3) is 0 Å². The molecule has 9 nitrogen and oxygen atoms in total. The Morgan fingerprint density at radius 1 is 1.18 bits per heavy atom. The minimum atomic E-state index is -2.22. The van der Waals surface area contributed by atoms with E-state index in [4.69, 9.17) is 25.8 Å². The summed E-state index contributed by atoms with van der Waals surface area (Å²) in [5, 5.41) is 21.6. The van der Waals surface area contributed by atoms with Crippen LogP contribution in [0.5, 0.6) is 0 Å². The molecular formula is C24H29ClO9. The van der Waals surface area contributed by atoms with Crippen molar-refractivity contribution in [2.45, 2.75) is 69.5 Å². The average Bonchev–Trinajstić information content (AvgIpc) is 3.19. The Hall–Kier alpha value is -2.23. The zero-order chi connectivity index (χ0) is 25.5. The number of carbonyl (C=O) groups is 4. The van der Waals surface area contributed by atoms with E-state index in [2.05, 4.69) is 6.58 Å². The van der Waals surface area contributed by atoms with E-state index in [1.807, 2.05) is 0 Å². The maximum atomic E-state index is 13.6. The lowest BCUT2D eigenvalue weighted by molar-refractivity contribution is -0.214. The van der Waals surface area contributed by atoms with Gasteiger partial charge in [-0.2, -0.15) is 0 Å². The smallest absolute Gasteiger partial charge is 0.312 e. The number of aliphatic hydroxyl groups excluding tert-OH is 1. The summed E-state index contributed by atoms with van der Waals surface area (Å²) in [6, 6.07) is 0. The standard InChI is InChI=1S/C24H29ClO9/c1-9-14(28)8-7-13-15-18(29)23(6,34-12(4)27)17(22(13,15)5)20(32-11(3)26)24(31)10(2)21(30)33-19(24)16(9)25/h7-8,10,13-17,19-20,28,31H,1H2,2-6H3/b8-7+/t10-,13-,14-,15-,16-,17+,19-,20-,22-,23-,24-/m0/s1. The van der Waals surface area contributed by atoms with Crippen LogP contribution >= 0.6 is 11.6 Å². The normalized spacial score (nSPS) is 50.4. The topological polar surface area (TPSA) is 136 Å². The highest BCUT2D eigenvalue weighted by Gasteiger charge is 2.84. The van der Waals surface area contributed by atoms with E-state index >= 15 is 0 Å². The number of Topliss-reactive ketones (excluding diaryl/α,β-unsaturated/α-hetero) is 1. The number of ether oxygens (including phenoxy) is 3. The van der Waals surface area contributed by atoms with Crippen LogP contribution < -0.4 is 0 Å². The summed E-state index contributed by atoms with van der Waals surface area (Å²) in [6.07, 6.45) is -1.10. The molecule has 0 radical (unpaired) electrons. The molecule has 0 aromatic rings. The Bertz CT molecular complexity index is 1020. The van der Waals surface area contributed by atoms with E-state index < -0.39 is 87.7 Å². The minimum Gasteiger partial charge on any atom is -0.459 e. The van der Waals surface area contributed by atoms with Crippen LogP contribution in [0.4, 0.5) is 0 Å². The average molecular weight is 497 g/mol. The summed E-state index contributed by atoms with van der Waals surface area (Å²) < 4.78 is 16.7. The molecule has 1 saturated heterocycles. The van der Waals surface area contributed by atoms with Gasteiger partial charge in [-0.1, -0.05) is 25.7 Å². The van der Waals surface area contributed by atoms with Crippen molar-refractivity contribution in [3.05, 3.63) is 24.3 Å². The number of hydrogen-bond acceptors (Lipinski definition) is 9. The molecule has 2 N–H and O–H groups in total. The first-order valence-corrected chi connectivity index (χ1v) is 11.6. The largest absolute Gasteiger partial charge is 0.459 e. The van der Waals surface area contributed by atoms with Gasteiger partial charge in [0, 0.05) is 19.8 Å². The van der Waals surface area contributed by atoms with Crippen LogP contribution in [-0.4, -0.2) is 68.8 Å². The second-order valence-electron chi connectivity index (χ2n) is 10.2. The first-order valence-electron chi connectivity index (χ1n) is 11.2. The van der Waals surface area contributed by atoms with Gasteiger partial charge in [-0.25, -0.2) is 0 Å². The van der Waals surface area contributed by atoms with Crippen LogP contribution in [0.1, 0.15) is 34.6 Å². The number of halogens is 1. The molecule has 10 heteroatoms. The lowest BCUT2D eigenvalue weighted by Crippen LogP contribution is -2.65. The van der Waals surface area contributed by atoms with Crippen molar-refractivity contribution in [3.63, 3.8) is 0 Å². The molecule has 0 unspecified atom stereocenters. The maximum Gasteiger partial charge on any atom is 0.312 e. The van der Waals surface area contributed by atoms with Gasteiger partial charge < -0.3 is 24.4 Å². The molecule has 1 heterocycles. The van der Waals surface area contributed by atoms with Crippen molar-refractivity contribution in [2.75, 3.05) is 0 Å². The third kappa shape index (κ3) is 3.06. The Morgan fingerprint density at radius 3 is 2.35 bits per heavy atom. The molecule has 4 aliphatic rings. The zero-order valence-corrected chi connectivity index (χ0v) is 20.4. The number of alkyl halides is 1. The molecule has 0 spiro atoms. The van der Waals surface area contributed by atoms with Crippen LogP contribution in [0, 0.1) is 29.1 Å². The van der Waals surface area contributed by atoms with E-state index in [-0.39, 0.29) is 5.57 Å². The molecule has 3 aliphatic carbocycles. The van der Waals surface area contributed by atoms with Gasteiger partial charge in [-0.3, -0.25) is 19.2 Å². The molecule has 0 bridgehead atoms. The number of rotatable bonds is 2. The van der Waals surface area contributed by atoms with E-state index in [0.29, 0.717) is 0 Å². The van der Waals surface area contributed by atoms with Gasteiger partial charge in [0.05, 0.1) is 23.3 Å². The minimum absolute atomic E-state index is 0.0653. The van der Waals surface area contributed by atoms with Crippen molar-refractivity contribution < 1.29 is 43.6 Å². The summed E-state index contributed by atoms with van der Waals surface area (Å²) in [5.41, 5.74) is -4.83. The Kier molecular flexibility index (Phi) is 5.59. The number of aliphatic hydroxyl groups is 2. The van der Waals surface area contributed by atoms with Gasteiger partial charge in [0.15, 0.2) is 23.1 Å². The van der Waals surface area contributed by atoms with Crippen molar-refractivity contribution in [3.8, 4) is 0 Å². The molecule has 1 aliphatic heterocycles. The van der Waals surface area contributed by atoms with Crippen molar-refractivity contribution in [1.29, 1.82) is 0 Å². The van der Waals surface area contributed by atoms with Gasteiger partial charge in [0.2, 0.25) is 0 Å². The summed E-state index contributed by atoms with van der Waals surface area (Å²) in [7, 11) is 0. The molecule has 34 heavy (non-hydrogen) atoms. The molecule has 4 rings (SSSR count). The Balaban J connectivity index is 2.00. The monoisotopic (exact) mass is 496 g/mol. The van der Waals surface area contributed by atoms with Gasteiger partial charge in [-0.05, 0) is 30.8 Å². The highest BCUT2D eigenvalue weighted by atomic mass is 35.5. The fourth-order valence-electron chi connectivity index (χ4n) is 6.59. The molecule has 0 aromatic carbocycles. The van der Waals surface area contributed by atoms with Crippen molar-refractivity contribution in [1.82, 2.24) is 0 Å². The molecule has 0 amide bonds. The van der Waals surface area contributed by atoms with Crippen LogP contribution in [0.25, 0.3) is 0 Å². The van der Waals surface area contributed by atoms with Crippen LogP contribution in [-0.2, 0) is 33.4 Å². The fraction of sp³-hybridized carbons (Fsp3) is 0.667. The molecule has 2 saturated carbocycles. The van der Waals surface area contributed by atoms with E-state index in [1.165, 1.54) is 19.9 Å². The van der Waals surface area contributed by atoms with E-state index in [0.717, 1.165) is 13.8 Å². The number of fused-ring (bicyclic) bond motifs is 2. The van der Waals surface area contributed by atoms with E-state index in [1.54, 1.807) is 13.0 Å². The van der Waals surface area contributed by atoms with Gasteiger partial charge >= 0.3 is 17.9 Å². The molecule has 3 fully saturated rings. The number of ketones is 1. The highest BCUT2D eigenvalue weighted by Crippen LogP contribution is 2.75. The molecular weight excluding hydrogens is 468 g/mol. The van der Waals surface area contributed by atoms with Crippen molar-refractivity contribution >= 4 is 35.3 Å². The quantitative estimate of drug-likeness (QED) is 0.249. The summed E-state index contributed by atoms with van der Waals surface area (Å²) in [6.45, 7) is 10.7. The lowest BCUT2D eigenvalue weighted by atomic mass is 9.66. The van der Waals surface area contributed by atoms with E-state index in [9.17, 15) is 29.4 Å². The zero-order valence-electron chi connectivity index (χ0n) is 19.6. The highest BCUT2D eigenvalue weighted by molar-refractivity contribution is 6.23. The predicted molar refractivity (Wildman–Crippen MR) is 117 cm³/mol. The Labute approximate surface area is 202 Å². The fourth-order valence-corrected chi connectivity index (χ4v) is 6.97. The summed E-state index contributed by atoms with van der Waals surface area (Å²) >= 11 is 6.59. The third-order valence-corrected chi connectivity index (χ3v) is 8.84. The maximum absolute atomic E-state index is 13.6. The molecule has 11 atom stereocenters. The first kappa shape index (κ1) is 24.9. The Morgan fingerprint density at radius 2 is 1.79 bits per heavy atom. The molecule has 0 aromatic heterocycles. The van der Waals surface area contributed by atoms with Crippen LogP contribution in [0.15, 0.2) is 24.3 Å². The van der Waals surface area contributed by atoms with Crippen LogP contribution in [0.3, 0.4) is 0 Å².